The van der Waals surface area contributed by atoms with E-state index in [1.165, 1.54) is 0 Å². The Morgan fingerprint density at radius 1 is 1.04 bits per heavy atom. The number of nitrogens with one attached hydrogen (secondary N) is 1. The molecule has 1 aliphatic carbocycles. The Balaban J connectivity index is 1.84. The second-order valence-corrected chi connectivity index (χ2v) is 7.34. The van der Waals surface area contributed by atoms with Crippen molar-refractivity contribution in [2.75, 3.05) is 0 Å². The maximum Gasteiger partial charge on any atom is 0.338 e. The Labute approximate surface area is 156 Å². The number of carbonyl (C=O) groups excluding carboxylic acids is 3. The molecule has 1 aliphatic rings. The number of H-pyrrole nitrogens is 1. The maximum absolute atomic E-state index is 13.0. The van der Waals surface area contributed by atoms with Gasteiger partial charge in [-0.05, 0) is 38.5 Å². The summed E-state index contributed by atoms with van der Waals surface area (Å²) >= 11 is 0. The van der Waals surface area contributed by atoms with Gasteiger partial charge in [-0.3, -0.25) is 9.59 Å². The number of benzene rings is 2. The van der Waals surface area contributed by atoms with E-state index in [4.69, 9.17) is 4.74 Å². The van der Waals surface area contributed by atoms with E-state index >= 15 is 0 Å². The summed E-state index contributed by atoms with van der Waals surface area (Å²) < 4.78 is 5.55. The first kappa shape index (κ1) is 17.2. The number of ketones is 2. The van der Waals surface area contributed by atoms with Crippen molar-refractivity contribution in [2.24, 2.45) is 0 Å². The molecule has 0 saturated heterocycles. The molecular formula is C22H19NO4. The Hall–Kier alpha value is -3.21. The molecule has 136 valence electrons. The third kappa shape index (κ3) is 2.67. The van der Waals surface area contributed by atoms with Crippen molar-refractivity contribution in [1.82, 2.24) is 4.98 Å². The lowest BCUT2D eigenvalue weighted by Gasteiger charge is -2.23. The zero-order chi connectivity index (χ0) is 19.3. The predicted octanol–water partition coefficient (Wildman–Crippen LogP) is 4.29. The zero-order valence-electron chi connectivity index (χ0n) is 15.4. The molecular weight excluding hydrogens is 342 g/mol. The second-order valence-electron chi connectivity index (χ2n) is 7.34. The molecule has 0 amide bonds. The first-order valence-electron chi connectivity index (χ1n) is 8.90. The van der Waals surface area contributed by atoms with Gasteiger partial charge in [0.15, 0.2) is 5.78 Å². The summed E-state index contributed by atoms with van der Waals surface area (Å²) in [6.07, 6.45) is 0.685. The molecule has 0 unspecified atom stereocenters. The largest absolute Gasteiger partial charge is 0.456 e. The molecule has 5 nitrogen and oxygen atoms in total. The van der Waals surface area contributed by atoms with Gasteiger partial charge in [-0.1, -0.05) is 31.2 Å². The fourth-order valence-electron chi connectivity index (χ4n) is 3.26. The Kier molecular flexibility index (Phi) is 3.77. The average Bonchev–Trinajstić information content (AvgIpc) is 3.05. The van der Waals surface area contributed by atoms with Crippen molar-refractivity contribution in [3.05, 3.63) is 70.4 Å². The summed E-state index contributed by atoms with van der Waals surface area (Å²) in [5.41, 5.74) is 1.78. The molecule has 1 N–H and O–H groups in total. The van der Waals surface area contributed by atoms with Crippen LogP contribution in [0.4, 0.5) is 0 Å². The van der Waals surface area contributed by atoms with Crippen LogP contribution in [0.25, 0.3) is 10.9 Å². The molecule has 0 spiro atoms. The van der Waals surface area contributed by atoms with Crippen LogP contribution in [0, 0.1) is 0 Å². The van der Waals surface area contributed by atoms with Gasteiger partial charge in [-0.25, -0.2) is 4.79 Å². The Morgan fingerprint density at radius 2 is 1.70 bits per heavy atom. The summed E-state index contributed by atoms with van der Waals surface area (Å²) in [5, 5.41) is 0.557. The normalized spacial score (nSPS) is 13.4. The minimum absolute atomic E-state index is 0.215. The van der Waals surface area contributed by atoms with Crippen LogP contribution in [0.3, 0.4) is 0 Å². The third-order valence-corrected chi connectivity index (χ3v) is 5.13. The number of hydrogen-bond acceptors (Lipinski definition) is 4. The highest BCUT2D eigenvalue weighted by Crippen LogP contribution is 2.33. The first-order chi connectivity index (χ1) is 12.8. The highest BCUT2D eigenvalue weighted by molar-refractivity contribution is 6.32. The van der Waals surface area contributed by atoms with E-state index in [0.29, 0.717) is 39.6 Å². The number of ether oxygens (including phenoxy) is 1. The van der Waals surface area contributed by atoms with Gasteiger partial charge in [0.05, 0.1) is 16.8 Å². The molecule has 0 atom stereocenters. The second kappa shape index (κ2) is 5.91. The molecule has 0 radical (unpaired) electrons. The fourth-order valence-corrected chi connectivity index (χ4v) is 3.26. The van der Waals surface area contributed by atoms with Gasteiger partial charge < -0.3 is 9.72 Å². The molecule has 1 heterocycles. The maximum atomic E-state index is 13.0. The van der Waals surface area contributed by atoms with Gasteiger partial charge in [0, 0.05) is 22.0 Å². The molecule has 0 aliphatic heterocycles. The highest BCUT2D eigenvalue weighted by Gasteiger charge is 2.33. The van der Waals surface area contributed by atoms with E-state index in [1.54, 1.807) is 42.5 Å². The molecule has 0 bridgehead atoms. The topological polar surface area (TPSA) is 76.2 Å². The standard InChI is InChI=1S/C22H19NO4/c1-4-22(2,3)27-21(26)12-9-10-16-15(11-12)17-18(23-16)20(25)14-8-6-5-7-13(14)19(17)24/h5-11,23H,4H2,1-3H3. The monoisotopic (exact) mass is 361 g/mol. The molecule has 2 aromatic carbocycles. The van der Waals surface area contributed by atoms with Crippen LogP contribution in [0.2, 0.25) is 0 Å². The van der Waals surface area contributed by atoms with E-state index in [-0.39, 0.29) is 17.3 Å². The number of rotatable bonds is 3. The Morgan fingerprint density at radius 3 is 2.37 bits per heavy atom. The summed E-state index contributed by atoms with van der Waals surface area (Å²) in [6, 6.07) is 11.7. The van der Waals surface area contributed by atoms with Crippen LogP contribution in [0.1, 0.15) is 69.5 Å². The zero-order valence-corrected chi connectivity index (χ0v) is 15.4. The van der Waals surface area contributed by atoms with E-state index < -0.39 is 11.6 Å². The highest BCUT2D eigenvalue weighted by atomic mass is 16.6. The first-order valence-corrected chi connectivity index (χ1v) is 8.90. The van der Waals surface area contributed by atoms with Gasteiger partial charge in [-0.2, -0.15) is 0 Å². The Bertz CT molecular complexity index is 1120. The number of esters is 1. The van der Waals surface area contributed by atoms with Crippen molar-refractivity contribution in [3.8, 4) is 0 Å². The number of carbonyl (C=O) groups is 3. The van der Waals surface area contributed by atoms with E-state index in [1.807, 2.05) is 20.8 Å². The van der Waals surface area contributed by atoms with E-state index in [2.05, 4.69) is 4.98 Å². The number of aromatic amines is 1. The number of aromatic nitrogens is 1. The lowest BCUT2D eigenvalue weighted by Crippen LogP contribution is -2.27. The van der Waals surface area contributed by atoms with Crippen molar-refractivity contribution < 1.29 is 19.1 Å². The smallest absolute Gasteiger partial charge is 0.338 e. The van der Waals surface area contributed by atoms with Gasteiger partial charge in [-0.15, -0.1) is 0 Å². The fraction of sp³-hybridized carbons (Fsp3) is 0.227. The molecule has 5 heteroatoms. The molecule has 4 rings (SSSR count). The molecule has 0 fully saturated rings. The van der Waals surface area contributed by atoms with E-state index in [9.17, 15) is 14.4 Å². The lowest BCUT2D eigenvalue weighted by molar-refractivity contribution is -0.00243. The lowest BCUT2D eigenvalue weighted by atomic mass is 9.87. The minimum Gasteiger partial charge on any atom is -0.456 e. The minimum atomic E-state index is -0.575. The van der Waals surface area contributed by atoms with Crippen LogP contribution in [0.5, 0.6) is 0 Å². The average molecular weight is 361 g/mol. The van der Waals surface area contributed by atoms with Crippen LogP contribution in [-0.4, -0.2) is 28.1 Å². The van der Waals surface area contributed by atoms with Crippen LogP contribution in [0.15, 0.2) is 42.5 Å². The summed E-state index contributed by atoms with van der Waals surface area (Å²) in [5.74, 6) is -0.882. The third-order valence-electron chi connectivity index (χ3n) is 5.13. The summed E-state index contributed by atoms with van der Waals surface area (Å²) in [4.78, 5) is 41.3. The summed E-state index contributed by atoms with van der Waals surface area (Å²) in [7, 11) is 0. The van der Waals surface area contributed by atoms with Crippen LogP contribution in [-0.2, 0) is 4.74 Å². The SMILES string of the molecule is CCC(C)(C)OC(=O)c1ccc2[nH]c3c(c2c1)C(=O)c1ccccc1C3=O. The van der Waals surface area contributed by atoms with Crippen molar-refractivity contribution >= 4 is 28.4 Å². The molecule has 0 saturated carbocycles. The van der Waals surface area contributed by atoms with Crippen molar-refractivity contribution in [1.29, 1.82) is 0 Å². The van der Waals surface area contributed by atoms with Crippen LogP contribution >= 0.6 is 0 Å². The van der Waals surface area contributed by atoms with Crippen molar-refractivity contribution in [2.45, 2.75) is 32.8 Å². The number of fused-ring (bicyclic) bond motifs is 4. The molecule has 1 aromatic heterocycles. The van der Waals surface area contributed by atoms with Gasteiger partial charge in [0.2, 0.25) is 5.78 Å². The predicted molar refractivity (Wildman–Crippen MR) is 101 cm³/mol. The van der Waals surface area contributed by atoms with Gasteiger partial charge in [0.1, 0.15) is 5.60 Å². The molecule has 3 aromatic rings. The van der Waals surface area contributed by atoms with Gasteiger partial charge in [0.25, 0.3) is 0 Å². The quantitative estimate of drug-likeness (QED) is 0.552. The van der Waals surface area contributed by atoms with Gasteiger partial charge >= 0.3 is 5.97 Å². The summed E-state index contributed by atoms with van der Waals surface area (Å²) in [6.45, 7) is 5.64. The van der Waals surface area contributed by atoms with Crippen LogP contribution < -0.4 is 0 Å². The van der Waals surface area contributed by atoms with Crippen molar-refractivity contribution in [3.63, 3.8) is 0 Å². The molecule has 27 heavy (non-hydrogen) atoms. The number of hydrogen-bond donors (Lipinski definition) is 1. The van der Waals surface area contributed by atoms with E-state index in [0.717, 1.165) is 0 Å².